The zero-order chi connectivity index (χ0) is 16.3. The van der Waals surface area contributed by atoms with Gasteiger partial charge in [-0.25, -0.2) is 0 Å². The Kier molecular flexibility index (Phi) is 4.10. The number of pyridine rings is 1. The molecule has 0 saturated carbocycles. The molecule has 0 radical (unpaired) electrons. The second-order valence-corrected chi connectivity index (χ2v) is 5.63. The first-order valence-corrected chi connectivity index (χ1v) is 7.59. The fourth-order valence-electron chi connectivity index (χ4n) is 3.12. The Morgan fingerprint density at radius 2 is 2.04 bits per heavy atom. The molecule has 1 aliphatic heterocycles. The first kappa shape index (κ1) is 15.2. The van der Waals surface area contributed by atoms with Crippen molar-refractivity contribution in [3.63, 3.8) is 0 Å². The minimum absolute atomic E-state index is 0.0902. The molecule has 0 aliphatic carbocycles. The van der Waals surface area contributed by atoms with Crippen LogP contribution in [0.25, 0.3) is 0 Å². The molecule has 7 heteroatoms. The molecular weight excluding hydrogens is 294 g/mol. The van der Waals surface area contributed by atoms with Crippen molar-refractivity contribution in [2.75, 3.05) is 20.1 Å². The van der Waals surface area contributed by atoms with Gasteiger partial charge in [-0.3, -0.25) is 19.3 Å². The Morgan fingerprint density at radius 3 is 2.70 bits per heavy atom. The molecule has 1 fully saturated rings. The van der Waals surface area contributed by atoms with Crippen LogP contribution in [0.1, 0.15) is 23.2 Å². The van der Waals surface area contributed by atoms with Crippen molar-refractivity contribution in [3.05, 3.63) is 48.5 Å². The van der Waals surface area contributed by atoms with Gasteiger partial charge in [0.15, 0.2) is 5.54 Å². The second kappa shape index (κ2) is 6.20. The molecule has 120 valence electrons. The molecule has 1 aliphatic rings. The van der Waals surface area contributed by atoms with E-state index in [1.54, 1.807) is 59.6 Å². The molecule has 2 amide bonds. The molecule has 1 saturated heterocycles. The summed E-state index contributed by atoms with van der Waals surface area (Å²) in [4.78, 5) is 30.9. The summed E-state index contributed by atoms with van der Waals surface area (Å²) in [5, 5.41) is 6.97. The van der Waals surface area contributed by atoms with Gasteiger partial charge >= 0.3 is 0 Å². The average Bonchev–Trinajstić information content (AvgIpc) is 3.16. The minimum Gasteiger partial charge on any atom is -0.357 e. The normalized spacial score (nSPS) is 21.0. The molecule has 0 aromatic carbocycles. The molecule has 3 heterocycles. The summed E-state index contributed by atoms with van der Waals surface area (Å²) >= 11 is 0. The van der Waals surface area contributed by atoms with Crippen LogP contribution < -0.4 is 5.32 Å². The van der Waals surface area contributed by atoms with Gasteiger partial charge in [0.1, 0.15) is 0 Å². The smallest absolute Gasteiger partial charge is 0.254 e. The molecule has 0 spiro atoms. The van der Waals surface area contributed by atoms with Crippen LogP contribution in [0.4, 0.5) is 0 Å². The summed E-state index contributed by atoms with van der Waals surface area (Å²) in [6.45, 7) is 0.927. The molecule has 0 bridgehead atoms. The maximum Gasteiger partial charge on any atom is 0.254 e. The zero-order valence-electron chi connectivity index (χ0n) is 13.0. The first-order valence-electron chi connectivity index (χ1n) is 7.59. The molecular formula is C16H19N5O2. The van der Waals surface area contributed by atoms with E-state index in [2.05, 4.69) is 15.4 Å². The van der Waals surface area contributed by atoms with Gasteiger partial charge in [0.2, 0.25) is 5.91 Å². The van der Waals surface area contributed by atoms with Gasteiger partial charge < -0.3 is 10.2 Å². The van der Waals surface area contributed by atoms with E-state index in [1.165, 1.54) is 0 Å². The Bertz CT molecular complexity index is 686. The lowest BCUT2D eigenvalue weighted by molar-refractivity contribution is -0.132. The molecule has 2 aromatic rings. The van der Waals surface area contributed by atoms with Gasteiger partial charge in [0.05, 0.1) is 6.54 Å². The third kappa shape index (κ3) is 2.69. The molecule has 1 N–H and O–H groups in total. The number of piperidine rings is 1. The van der Waals surface area contributed by atoms with Gasteiger partial charge in [-0.15, -0.1) is 0 Å². The van der Waals surface area contributed by atoms with Crippen molar-refractivity contribution in [3.8, 4) is 0 Å². The maximum atomic E-state index is 12.7. The van der Waals surface area contributed by atoms with E-state index >= 15 is 0 Å². The van der Waals surface area contributed by atoms with Crippen LogP contribution >= 0.6 is 0 Å². The quantitative estimate of drug-likeness (QED) is 0.902. The zero-order valence-corrected chi connectivity index (χ0v) is 13.0. The molecule has 7 nitrogen and oxygen atoms in total. The van der Waals surface area contributed by atoms with E-state index in [1.807, 2.05) is 0 Å². The summed E-state index contributed by atoms with van der Waals surface area (Å²) < 4.78 is 1.66. The van der Waals surface area contributed by atoms with Gasteiger partial charge in [-0.1, -0.05) is 0 Å². The van der Waals surface area contributed by atoms with E-state index in [0.29, 0.717) is 25.1 Å². The topological polar surface area (TPSA) is 80.1 Å². The molecule has 1 unspecified atom stereocenters. The summed E-state index contributed by atoms with van der Waals surface area (Å²) in [5.41, 5.74) is -0.285. The SMILES string of the molecule is CNC(=O)C1(n2cccn2)CCCN(C(=O)c2ccncc2)C1. The van der Waals surface area contributed by atoms with Crippen molar-refractivity contribution in [1.82, 2.24) is 25.0 Å². The van der Waals surface area contributed by atoms with E-state index in [0.717, 1.165) is 6.42 Å². The summed E-state index contributed by atoms with van der Waals surface area (Å²) in [7, 11) is 1.61. The maximum absolute atomic E-state index is 12.7. The highest BCUT2D eigenvalue weighted by Crippen LogP contribution is 2.29. The van der Waals surface area contributed by atoms with Crippen LogP contribution in [0.15, 0.2) is 43.0 Å². The van der Waals surface area contributed by atoms with Crippen molar-refractivity contribution in [2.45, 2.75) is 18.4 Å². The summed E-state index contributed by atoms with van der Waals surface area (Å²) in [6.07, 6.45) is 8.00. The molecule has 2 aromatic heterocycles. The van der Waals surface area contributed by atoms with Gasteiger partial charge in [-0.05, 0) is 31.0 Å². The van der Waals surface area contributed by atoms with Crippen LogP contribution in [0.5, 0.6) is 0 Å². The van der Waals surface area contributed by atoms with Crippen LogP contribution in [-0.4, -0.2) is 51.6 Å². The Hall–Kier alpha value is -2.70. The largest absolute Gasteiger partial charge is 0.357 e. The lowest BCUT2D eigenvalue weighted by atomic mass is 9.87. The number of nitrogens with one attached hydrogen (secondary N) is 1. The Labute approximate surface area is 134 Å². The van der Waals surface area contributed by atoms with Crippen molar-refractivity contribution >= 4 is 11.8 Å². The van der Waals surface area contributed by atoms with Crippen LogP contribution in [-0.2, 0) is 10.3 Å². The highest BCUT2D eigenvalue weighted by Gasteiger charge is 2.45. The van der Waals surface area contributed by atoms with E-state index in [-0.39, 0.29) is 11.8 Å². The van der Waals surface area contributed by atoms with Gasteiger partial charge in [-0.2, -0.15) is 5.10 Å². The summed E-state index contributed by atoms with van der Waals surface area (Å²) in [5.74, 6) is -0.221. The first-order chi connectivity index (χ1) is 11.2. The number of likely N-dealkylation sites (N-methyl/N-ethyl adjacent to an activating group) is 1. The van der Waals surface area contributed by atoms with Gasteiger partial charge in [0, 0.05) is 43.9 Å². The number of hydrogen-bond donors (Lipinski definition) is 1. The Balaban J connectivity index is 1.91. The lowest BCUT2D eigenvalue weighted by Gasteiger charge is -2.41. The lowest BCUT2D eigenvalue weighted by Crippen LogP contribution is -2.59. The van der Waals surface area contributed by atoms with Crippen molar-refractivity contribution in [2.24, 2.45) is 0 Å². The predicted molar refractivity (Wildman–Crippen MR) is 83.6 cm³/mol. The highest BCUT2D eigenvalue weighted by molar-refractivity contribution is 5.95. The average molecular weight is 313 g/mol. The molecule has 3 rings (SSSR count). The number of hydrogen-bond acceptors (Lipinski definition) is 4. The number of likely N-dealkylation sites (tertiary alicyclic amines) is 1. The Morgan fingerprint density at radius 1 is 1.26 bits per heavy atom. The van der Waals surface area contributed by atoms with Crippen LogP contribution in [0.3, 0.4) is 0 Å². The number of carbonyl (C=O) groups is 2. The number of rotatable bonds is 3. The number of nitrogens with zero attached hydrogens (tertiary/aromatic N) is 4. The van der Waals surface area contributed by atoms with Gasteiger partial charge in [0.25, 0.3) is 5.91 Å². The van der Waals surface area contributed by atoms with E-state index < -0.39 is 5.54 Å². The standard InChI is InChI=1S/C16H19N5O2/c1-17-15(23)16(21-11-3-7-19-21)6-2-10-20(12-16)14(22)13-4-8-18-9-5-13/h3-5,7-9,11H,2,6,10,12H2,1H3,(H,17,23). The monoisotopic (exact) mass is 313 g/mol. The number of amides is 2. The minimum atomic E-state index is -0.862. The second-order valence-electron chi connectivity index (χ2n) is 5.63. The molecule has 1 atom stereocenters. The van der Waals surface area contributed by atoms with Crippen LogP contribution in [0.2, 0.25) is 0 Å². The summed E-state index contributed by atoms with van der Waals surface area (Å²) in [6, 6.07) is 5.16. The van der Waals surface area contributed by atoms with Crippen molar-refractivity contribution in [1.29, 1.82) is 0 Å². The third-order valence-corrected chi connectivity index (χ3v) is 4.28. The molecule has 23 heavy (non-hydrogen) atoms. The highest BCUT2D eigenvalue weighted by atomic mass is 16.2. The number of carbonyl (C=O) groups excluding carboxylic acids is 2. The van der Waals surface area contributed by atoms with E-state index in [4.69, 9.17) is 0 Å². The van der Waals surface area contributed by atoms with Crippen LogP contribution in [0, 0.1) is 0 Å². The van der Waals surface area contributed by atoms with Crippen molar-refractivity contribution < 1.29 is 9.59 Å². The third-order valence-electron chi connectivity index (χ3n) is 4.28. The number of aromatic nitrogens is 3. The predicted octanol–water partition coefficient (Wildman–Crippen LogP) is 0.656. The van der Waals surface area contributed by atoms with E-state index in [9.17, 15) is 9.59 Å². The fraction of sp³-hybridized carbons (Fsp3) is 0.375. The fourth-order valence-corrected chi connectivity index (χ4v) is 3.12.